The van der Waals surface area contributed by atoms with Crippen LogP contribution in [0.2, 0.25) is 0 Å². The number of carboxylic acids is 1. The number of amides is 1. The Morgan fingerprint density at radius 2 is 2.41 bits per heavy atom. The summed E-state index contributed by atoms with van der Waals surface area (Å²) in [6.45, 7) is 2.14. The van der Waals surface area contributed by atoms with E-state index in [9.17, 15) is 9.59 Å². The van der Waals surface area contributed by atoms with Crippen molar-refractivity contribution in [2.45, 2.75) is 31.7 Å². The summed E-state index contributed by atoms with van der Waals surface area (Å²) in [6.07, 6.45) is 1.43. The third-order valence-corrected chi connectivity index (χ3v) is 3.11. The molecule has 1 aromatic rings. The summed E-state index contributed by atoms with van der Waals surface area (Å²) in [5.74, 6) is 1.50. The van der Waals surface area contributed by atoms with Crippen LogP contribution >= 0.6 is 0 Å². The summed E-state index contributed by atoms with van der Waals surface area (Å²) in [6, 6.07) is 3.02. The van der Waals surface area contributed by atoms with Crippen LogP contribution in [0, 0.1) is 5.92 Å². The minimum atomic E-state index is -0.970. The van der Waals surface area contributed by atoms with Gasteiger partial charge in [-0.05, 0) is 24.5 Å². The van der Waals surface area contributed by atoms with Gasteiger partial charge in [0.05, 0.1) is 12.5 Å². The molecule has 1 aliphatic rings. The molecule has 17 heavy (non-hydrogen) atoms. The highest BCUT2D eigenvalue weighted by atomic mass is 16.4. The summed E-state index contributed by atoms with van der Waals surface area (Å²) in [5.41, 5.74) is 0. The molecule has 3 unspecified atom stereocenters. The van der Waals surface area contributed by atoms with Gasteiger partial charge in [-0.25, -0.2) is 0 Å². The molecular weight excluding hydrogens is 222 g/mol. The van der Waals surface area contributed by atoms with Crippen molar-refractivity contribution in [1.29, 1.82) is 0 Å². The van der Waals surface area contributed by atoms with Gasteiger partial charge in [0.25, 0.3) is 0 Å². The molecule has 5 nitrogen and oxygen atoms in total. The molecule has 92 valence electrons. The first-order chi connectivity index (χ1) is 8.11. The van der Waals surface area contributed by atoms with Crippen LogP contribution in [-0.2, 0) is 9.59 Å². The van der Waals surface area contributed by atoms with Gasteiger partial charge in [-0.1, -0.05) is 6.92 Å². The van der Waals surface area contributed by atoms with Gasteiger partial charge in [0, 0.05) is 5.92 Å². The van der Waals surface area contributed by atoms with E-state index in [1.807, 2.05) is 6.07 Å². The summed E-state index contributed by atoms with van der Waals surface area (Å²) < 4.78 is 5.61. The van der Waals surface area contributed by atoms with Crippen molar-refractivity contribution in [2.24, 2.45) is 5.92 Å². The molecule has 1 saturated carbocycles. The average Bonchev–Trinajstić information content (AvgIpc) is 2.80. The number of carbonyl (C=O) groups is 2. The molecule has 1 aliphatic carbocycles. The van der Waals surface area contributed by atoms with E-state index >= 15 is 0 Å². The van der Waals surface area contributed by atoms with Crippen LogP contribution < -0.4 is 5.32 Å². The topological polar surface area (TPSA) is 79.5 Å². The molecule has 3 atom stereocenters. The number of hydrogen-bond acceptors (Lipinski definition) is 3. The van der Waals surface area contributed by atoms with Gasteiger partial charge in [-0.3, -0.25) is 9.59 Å². The minimum absolute atomic E-state index is 0.175. The number of hydrogen-bond donors (Lipinski definition) is 2. The molecule has 2 rings (SSSR count). The molecule has 5 heteroatoms. The highest BCUT2D eigenvalue weighted by Gasteiger charge is 2.37. The van der Waals surface area contributed by atoms with E-state index in [0.717, 1.165) is 12.2 Å². The predicted octanol–water partition coefficient (Wildman–Crippen LogP) is 1.66. The van der Waals surface area contributed by atoms with Crippen molar-refractivity contribution in [1.82, 2.24) is 5.32 Å². The fraction of sp³-hybridized carbons (Fsp3) is 0.500. The van der Waals surface area contributed by atoms with Gasteiger partial charge in [0.15, 0.2) is 0 Å². The van der Waals surface area contributed by atoms with E-state index in [2.05, 4.69) is 12.2 Å². The zero-order chi connectivity index (χ0) is 12.4. The molecule has 1 heterocycles. The Kier molecular flexibility index (Phi) is 3.17. The fourth-order valence-corrected chi connectivity index (χ4v) is 1.97. The molecule has 0 saturated heterocycles. The maximum absolute atomic E-state index is 10.7. The molecule has 0 spiro atoms. The largest absolute Gasteiger partial charge is 0.481 e. The van der Waals surface area contributed by atoms with E-state index in [1.54, 1.807) is 6.07 Å². The Morgan fingerprint density at radius 3 is 2.94 bits per heavy atom. The predicted molar refractivity (Wildman–Crippen MR) is 59.4 cm³/mol. The quantitative estimate of drug-likeness (QED) is 0.737. The van der Waals surface area contributed by atoms with Gasteiger partial charge < -0.3 is 14.8 Å². The smallest absolute Gasteiger partial charge is 0.305 e. The maximum atomic E-state index is 10.7. The second-order valence-electron chi connectivity index (χ2n) is 4.49. The first-order valence-electron chi connectivity index (χ1n) is 5.63. The lowest BCUT2D eigenvalue weighted by atomic mass is 10.1. The van der Waals surface area contributed by atoms with Crippen molar-refractivity contribution in [3.05, 3.63) is 23.7 Å². The van der Waals surface area contributed by atoms with Crippen LogP contribution in [-0.4, -0.2) is 17.5 Å². The third kappa shape index (κ3) is 2.67. The van der Waals surface area contributed by atoms with E-state index in [0.29, 0.717) is 24.0 Å². The van der Waals surface area contributed by atoms with Crippen LogP contribution in [0.25, 0.3) is 0 Å². The molecule has 0 aromatic carbocycles. The number of aliphatic carboxylic acids is 1. The van der Waals surface area contributed by atoms with Gasteiger partial charge in [-0.15, -0.1) is 0 Å². The lowest BCUT2D eigenvalue weighted by molar-refractivity contribution is -0.137. The van der Waals surface area contributed by atoms with Crippen LogP contribution in [0.3, 0.4) is 0 Å². The van der Waals surface area contributed by atoms with Crippen LogP contribution in [0.15, 0.2) is 16.5 Å². The monoisotopic (exact) mass is 237 g/mol. The highest BCUT2D eigenvalue weighted by Crippen LogP contribution is 2.47. The van der Waals surface area contributed by atoms with Gasteiger partial charge in [0.2, 0.25) is 6.41 Å². The molecule has 1 amide bonds. The molecule has 1 fully saturated rings. The maximum Gasteiger partial charge on any atom is 0.305 e. The Labute approximate surface area is 98.8 Å². The number of furan rings is 1. The Morgan fingerprint density at radius 1 is 1.71 bits per heavy atom. The van der Waals surface area contributed by atoms with Crippen LogP contribution in [0.1, 0.15) is 43.2 Å². The fourth-order valence-electron chi connectivity index (χ4n) is 1.97. The Balaban J connectivity index is 2.09. The van der Waals surface area contributed by atoms with Crippen molar-refractivity contribution >= 4 is 12.4 Å². The van der Waals surface area contributed by atoms with Gasteiger partial charge in [0.1, 0.15) is 11.5 Å². The first-order valence-corrected chi connectivity index (χ1v) is 5.63. The van der Waals surface area contributed by atoms with Crippen molar-refractivity contribution in [3.63, 3.8) is 0 Å². The number of carbonyl (C=O) groups excluding carboxylic acids is 1. The Bertz CT molecular complexity index is 426. The Hall–Kier alpha value is -1.78. The first kappa shape index (κ1) is 11.7. The number of rotatable bonds is 6. The van der Waals surface area contributed by atoms with E-state index in [1.165, 1.54) is 0 Å². The molecule has 0 radical (unpaired) electrons. The van der Waals surface area contributed by atoms with Crippen molar-refractivity contribution in [2.75, 3.05) is 0 Å². The second-order valence-corrected chi connectivity index (χ2v) is 4.49. The summed E-state index contributed by atoms with van der Waals surface area (Å²) in [7, 11) is 0. The second kappa shape index (κ2) is 4.61. The average molecular weight is 237 g/mol. The number of nitrogens with one attached hydrogen (secondary N) is 1. The molecule has 2 N–H and O–H groups in total. The van der Waals surface area contributed by atoms with E-state index < -0.39 is 12.0 Å². The summed E-state index contributed by atoms with van der Waals surface area (Å²) in [5, 5.41) is 11.2. The van der Waals surface area contributed by atoms with Crippen molar-refractivity contribution in [3.8, 4) is 0 Å². The normalized spacial score (nSPS) is 24.1. The lowest BCUT2D eigenvalue weighted by Gasteiger charge is -2.10. The number of carboxylic acid groups (broad SMARTS) is 1. The van der Waals surface area contributed by atoms with Crippen molar-refractivity contribution < 1.29 is 19.1 Å². The van der Waals surface area contributed by atoms with E-state index in [4.69, 9.17) is 9.52 Å². The molecule has 1 aromatic heterocycles. The summed E-state index contributed by atoms with van der Waals surface area (Å²) in [4.78, 5) is 21.1. The molecular formula is C12H15NO4. The lowest BCUT2D eigenvalue weighted by Crippen LogP contribution is -2.21. The SMILES string of the molecule is CC1CC1c1ccc(C(CC(=O)O)NC=O)o1. The summed E-state index contributed by atoms with van der Waals surface area (Å²) >= 11 is 0. The van der Waals surface area contributed by atoms with Gasteiger partial charge in [-0.2, -0.15) is 0 Å². The molecule has 0 bridgehead atoms. The third-order valence-electron chi connectivity index (χ3n) is 3.11. The van der Waals surface area contributed by atoms with E-state index in [-0.39, 0.29) is 6.42 Å². The molecule has 0 aliphatic heterocycles. The standard InChI is InChI=1S/C12H15NO4/c1-7-4-8(7)10-2-3-11(17-10)9(13-6-14)5-12(15)16/h2-3,6-9H,4-5H2,1H3,(H,13,14)(H,15,16). The zero-order valence-corrected chi connectivity index (χ0v) is 9.55. The van der Waals surface area contributed by atoms with Crippen LogP contribution in [0.5, 0.6) is 0 Å². The zero-order valence-electron chi connectivity index (χ0n) is 9.55. The van der Waals surface area contributed by atoms with Gasteiger partial charge >= 0.3 is 5.97 Å². The van der Waals surface area contributed by atoms with Crippen LogP contribution in [0.4, 0.5) is 0 Å². The minimum Gasteiger partial charge on any atom is -0.481 e. The highest BCUT2D eigenvalue weighted by molar-refractivity contribution is 5.68.